The quantitative estimate of drug-likeness (QED) is 0.788. The van der Waals surface area contributed by atoms with Crippen LogP contribution in [0.3, 0.4) is 0 Å². The van der Waals surface area contributed by atoms with Gasteiger partial charge < -0.3 is 10.0 Å². The summed E-state index contributed by atoms with van der Waals surface area (Å²) < 4.78 is 0. The molecular weight excluding hydrogens is 272 g/mol. The van der Waals surface area contributed by atoms with Crippen LogP contribution in [0.25, 0.3) is 0 Å². The van der Waals surface area contributed by atoms with Gasteiger partial charge in [-0.05, 0) is 37.5 Å². The summed E-state index contributed by atoms with van der Waals surface area (Å²) in [4.78, 5) is 18.8. The van der Waals surface area contributed by atoms with Crippen molar-refractivity contribution in [3.8, 4) is 0 Å². The van der Waals surface area contributed by atoms with Crippen LogP contribution in [0.5, 0.6) is 0 Å². The molecule has 2 rings (SSSR count). The van der Waals surface area contributed by atoms with Crippen LogP contribution in [0.2, 0.25) is 0 Å². The van der Waals surface area contributed by atoms with Crippen molar-refractivity contribution < 1.29 is 9.90 Å². The molecule has 20 heavy (non-hydrogen) atoms. The third kappa shape index (κ3) is 3.51. The van der Waals surface area contributed by atoms with Crippen LogP contribution in [0.4, 0.5) is 5.13 Å². The van der Waals surface area contributed by atoms with E-state index in [0.29, 0.717) is 4.88 Å². The number of carboxylic acid groups (broad SMARTS) is 1. The molecule has 1 aliphatic carbocycles. The first kappa shape index (κ1) is 15.3. The van der Waals surface area contributed by atoms with Gasteiger partial charge in [0.1, 0.15) is 4.88 Å². The number of nitrogens with zero attached hydrogens (tertiary/aromatic N) is 2. The highest BCUT2D eigenvalue weighted by molar-refractivity contribution is 7.17. The molecule has 1 aromatic heterocycles. The third-order valence-electron chi connectivity index (χ3n) is 3.86. The van der Waals surface area contributed by atoms with E-state index in [2.05, 4.69) is 30.7 Å². The van der Waals surface area contributed by atoms with E-state index in [4.69, 9.17) is 0 Å². The summed E-state index contributed by atoms with van der Waals surface area (Å²) in [5.74, 6) is 0.146. The summed E-state index contributed by atoms with van der Waals surface area (Å²) in [7, 11) is 0. The summed E-state index contributed by atoms with van der Waals surface area (Å²) in [6.45, 7) is 8.27. The first-order chi connectivity index (χ1) is 9.56. The number of carboxylic acids is 1. The molecule has 1 saturated carbocycles. The fraction of sp³-hybridized carbons (Fsp3) is 0.733. The summed E-state index contributed by atoms with van der Waals surface area (Å²) in [5.41, 5.74) is 0.761. The highest BCUT2D eigenvalue weighted by Crippen LogP contribution is 2.36. The number of carbonyl (C=O) groups is 1. The van der Waals surface area contributed by atoms with Gasteiger partial charge >= 0.3 is 5.97 Å². The van der Waals surface area contributed by atoms with Gasteiger partial charge in [-0.2, -0.15) is 0 Å². The first-order valence-electron chi connectivity index (χ1n) is 7.55. The van der Waals surface area contributed by atoms with Crippen LogP contribution >= 0.6 is 11.3 Å². The Morgan fingerprint density at radius 2 is 2.20 bits per heavy atom. The zero-order valence-electron chi connectivity index (χ0n) is 12.6. The van der Waals surface area contributed by atoms with Crippen molar-refractivity contribution in [1.82, 2.24) is 4.98 Å². The van der Waals surface area contributed by atoms with Crippen molar-refractivity contribution in [2.24, 2.45) is 5.92 Å². The summed E-state index contributed by atoms with van der Waals surface area (Å²) in [6.07, 6.45) is 4.58. The lowest BCUT2D eigenvalue weighted by Gasteiger charge is -2.20. The van der Waals surface area contributed by atoms with Crippen molar-refractivity contribution in [2.75, 3.05) is 18.0 Å². The topological polar surface area (TPSA) is 53.4 Å². The second-order valence-electron chi connectivity index (χ2n) is 5.71. The number of anilines is 1. The molecule has 1 aliphatic rings. The number of thiazole rings is 1. The monoisotopic (exact) mass is 296 g/mol. The maximum Gasteiger partial charge on any atom is 0.347 e. The van der Waals surface area contributed by atoms with Gasteiger partial charge in [-0.1, -0.05) is 32.1 Å². The highest BCUT2D eigenvalue weighted by Gasteiger charge is 2.28. The van der Waals surface area contributed by atoms with Crippen LogP contribution in [0.1, 0.15) is 67.7 Å². The Balaban J connectivity index is 2.26. The molecule has 1 fully saturated rings. The van der Waals surface area contributed by atoms with Crippen molar-refractivity contribution in [3.63, 3.8) is 0 Å². The van der Waals surface area contributed by atoms with Gasteiger partial charge in [0.15, 0.2) is 5.13 Å². The largest absolute Gasteiger partial charge is 0.477 e. The lowest BCUT2D eigenvalue weighted by molar-refractivity contribution is 0.0700. The molecule has 1 aromatic rings. The van der Waals surface area contributed by atoms with Crippen LogP contribution in [-0.2, 0) is 0 Å². The SMILES string of the molecule is CCCN(CC1CC1)c1nc(C(C)CC)c(C(=O)O)s1. The average molecular weight is 296 g/mol. The Morgan fingerprint density at radius 1 is 1.50 bits per heavy atom. The molecule has 1 unspecified atom stereocenters. The Morgan fingerprint density at radius 3 is 2.70 bits per heavy atom. The highest BCUT2D eigenvalue weighted by atomic mass is 32.1. The van der Waals surface area contributed by atoms with Crippen LogP contribution in [-0.4, -0.2) is 29.1 Å². The molecule has 0 aliphatic heterocycles. The number of hydrogen-bond acceptors (Lipinski definition) is 4. The van der Waals surface area contributed by atoms with Gasteiger partial charge in [-0.25, -0.2) is 9.78 Å². The zero-order valence-corrected chi connectivity index (χ0v) is 13.4. The van der Waals surface area contributed by atoms with Crippen molar-refractivity contribution in [2.45, 2.75) is 52.4 Å². The molecule has 4 nitrogen and oxygen atoms in total. The van der Waals surface area contributed by atoms with Crippen molar-refractivity contribution in [3.05, 3.63) is 10.6 Å². The molecule has 1 atom stereocenters. The fourth-order valence-electron chi connectivity index (χ4n) is 2.28. The third-order valence-corrected chi connectivity index (χ3v) is 4.97. The second kappa shape index (κ2) is 6.57. The minimum Gasteiger partial charge on any atom is -0.477 e. The van der Waals surface area contributed by atoms with Crippen LogP contribution < -0.4 is 4.90 Å². The molecule has 0 saturated heterocycles. The molecule has 112 valence electrons. The van der Waals surface area contributed by atoms with E-state index in [1.807, 2.05) is 0 Å². The molecule has 0 radical (unpaired) electrons. The molecule has 0 bridgehead atoms. The molecule has 0 amide bonds. The molecular formula is C15H24N2O2S. The molecule has 1 heterocycles. The summed E-state index contributed by atoms with van der Waals surface area (Å²) in [5, 5.41) is 10.3. The lowest BCUT2D eigenvalue weighted by Crippen LogP contribution is -2.26. The molecule has 5 heteroatoms. The fourth-order valence-corrected chi connectivity index (χ4v) is 3.34. The minimum absolute atomic E-state index is 0.204. The smallest absolute Gasteiger partial charge is 0.347 e. The minimum atomic E-state index is -0.841. The lowest BCUT2D eigenvalue weighted by atomic mass is 10.0. The predicted octanol–water partition coefficient (Wildman–Crippen LogP) is 3.98. The Hall–Kier alpha value is -1.10. The second-order valence-corrected chi connectivity index (χ2v) is 6.69. The van der Waals surface area contributed by atoms with E-state index in [0.717, 1.165) is 42.7 Å². The van der Waals surface area contributed by atoms with Gasteiger partial charge in [0, 0.05) is 13.1 Å². The summed E-state index contributed by atoms with van der Waals surface area (Å²) in [6, 6.07) is 0. The standard InChI is InChI=1S/C15H24N2O2S/c1-4-8-17(9-11-6-7-11)15-16-12(10(3)5-2)13(20-15)14(18)19/h10-11H,4-9H2,1-3H3,(H,18,19). The normalized spacial score (nSPS) is 16.1. The van der Waals surface area contributed by atoms with Crippen molar-refractivity contribution in [1.29, 1.82) is 0 Å². The van der Waals surface area contributed by atoms with Crippen molar-refractivity contribution >= 4 is 22.4 Å². The number of aromatic nitrogens is 1. The number of rotatable bonds is 8. The van der Waals surface area contributed by atoms with E-state index in [1.165, 1.54) is 24.2 Å². The van der Waals surface area contributed by atoms with Gasteiger partial charge in [-0.3, -0.25) is 0 Å². The average Bonchev–Trinajstić information content (AvgIpc) is 3.12. The zero-order chi connectivity index (χ0) is 14.7. The number of aromatic carboxylic acids is 1. The Kier molecular flexibility index (Phi) is 5.02. The maximum atomic E-state index is 11.4. The van der Waals surface area contributed by atoms with Crippen LogP contribution in [0, 0.1) is 5.92 Å². The van der Waals surface area contributed by atoms with E-state index in [1.54, 1.807) is 0 Å². The first-order valence-corrected chi connectivity index (χ1v) is 8.37. The van der Waals surface area contributed by atoms with Gasteiger partial charge in [0.05, 0.1) is 5.69 Å². The molecule has 1 N–H and O–H groups in total. The predicted molar refractivity (Wildman–Crippen MR) is 83.0 cm³/mol. The summed E-state index contributed by atoms with van der Waals surface area (Å²) >= 11 is 1.34. The van der Waals surface area contributed by atoms with E-state index in [9.17, 15) is 9.90 Å². The number of hydrogen-bond donors (Lipinski definition) is 1. The van der Waals surface area contributed by atoms with Gasteiger partial charge in [-0.15, -0.1) is 0 Å². The van der Waals surface area contributed by atoms with Gasteiger partial charge in [0.25, 0.3) is 0 Å². The Labute approximate surface area is 124 Å². The van der Waals surface area contributed by atoms with E-state index in [-0.39, 0.29) is 5.92 Å². The molecule has 0 spiro atoms. The van der Waals surface area contributed by atoms with Crippen LogP contribution in [0.15, 0.2) is 0 Å². The van der Waals surface area contributed by atoms with Gasteiger partial charge in [0.2, 0.25) is 0 Å². The Bertz CT molecular complexity index is 468. The van der Waals surface area contributed by atoms with E-state index < -0.39 is 5.97 Å². The molecule has 0 aromatic carbocycles. The maximum absolute atomic E-state index is 11.4. The van der Waals surface area contributed by atoms with E-state index >= 15 is 0 Å².